The number of ether oxygens (including phenoxy) is 1. The quantitative estimate of drug-likeness (QED) is 0.777. The minimum Gasteiger partial charge on any atom is -0.480 e. The van der Waals surface area contributed by atoms with E-state index in [1.807, 2.05) is 23.1 Å². The Morgan fingerprint density at radius 1 is 1.35 bits per heavy atom. The lowest BCUT2D eigenvalue weighted by Crippen LogP contribution is -2.46. The Morgan fingerprint density at radius 2 is 2.10 bits per heavy atom. The molecule has 1 atom stereocenters. The van der Waals surface area contributed by atoms with Crippen LogP contribution >= 0.6 is 0 Å². The maximum atomic E-state index is 11.4. The molecular weight excluding hydrogens is 254 g/mol. The Balaban J connectivity index is 1.94. The molecule has 0 aromatic heterocycles. The second kappa shape index (κ2) is 7.41. The number of hydrogen-bond donors (Lipinski definition) is 1. The summed E-state index contributed by atoms with van der Waals surface area (Å²) in [6.07, 6.45) is 2.76. The molecule has 0 spiro atoms. The van der Waals surface area contributed by atoms with Crippen LogP contribution in [-0.2, 0) is 22.5 Å². The topological polar surface area (TPSA) is 49.8 Å². The predicted molar refractivity (Wildman–Crippen MR) is 77.7 cm³/mol. The van der Waals surface area contributed by atoms with E-state index in [0.717, 1.165) is 25.0 Å². The molecule has 0 bridgehead atoms. The van der Waals surface area contributed by atoms with Gasteiger partial charge in [0.25, 0.3) is 0 Å². The van der Waals surface area contributed by atoms with Crippen LogP contribution in [0.25, 0.3) is 0 Å². The van der Waals surface area contributed by atoms with E-state index in [1.165, 1.54) is 5.56 Å². The maximum Gasteiger partial charge on any atom is 0.321 e. The van der Waals surface area contributed by atoms with Gasteiger partial charge in [-0.15, -0.1) is 0 Å². The van der Waals surface area contributed by atoms with Crippen LogP contribution in [0, 0.1) is 0 Å². The van der Waals surface area contributed by atoms with Crippen LogP contribution < -0.4 is 0 Å². The van der Waals surface area contributed by atoms with E-state index in [0.29, 0.717) is 26.1 Å². The molecule has 2 rings (SSSR count). The Bertz CT molecular complexity index is 447. The average molecular weight is 277 g/mol. The molecule has 1 aliphatic rings. The zero-order valence-corrected chi connectivity index (χ0v) is 12.0. The van der Waals surface area contributed by atoms with Gasteiger partial charge in [-0.2, -0.15) is 0 Å². The molecule has 0 amide bonds. The van der Waals surface area contributed by atoms with E-state index < -0.39 is 12.0 Å². The standard InChI is InChI=1S/C16H23NO3/c1-2-3-9-20-10-8-17-12-14-7-5-4-6-13(14)11-15(17)16(18)19/h4-7,15H,2-3,8-12H2,1H3,(H,18,19)/t15-/m0/s1. The summed E-state index contributed by atoms with van der Waals surface area (Å²) in [5.74, 6) is -0.743. The number of carboxylic acid groups (broad SMARTS) is 1. The Labute approximate surface area is 120 Å². The summed E-state index contributed by atoms with van der Waals surface area (Å²) < 4.78 is 5.56. The normalized spacial score (nSPS) is 18.8. The van der Waals surface area contributed by atoms with E-state index in [9.17, 15) is 9.90 Å². The van der Waals surface area contributed by atoms with Crippen molar-refractivity contribution < 1.29 is 14.6 Å². The second-order valence-electron chi connectivity index (χ2n) is 5.26. The molecule has 0 saturated heterocycles. The van der Waals surface area contributed by atoms with E-state index in [4.69, 9.17) is 4.74 Å². The second-order valence-corrected chi connectivity index (χ2v) is 5.26. The molecular formula is C16H23NO3. The number of aliphatic carboxylic acids is 1. The first-order chi connectivity index (χ1) is 9.72. The molecule has 1 aromatic carbocycles. The Kier molecular flexibility index (Phi) is 5.56. The number of carboxylic acids is 1. The first-order valence-electron chi connectivity index (χ1n) is 7.33. The van der Waals surface area contributed by atoms with Crippen molar-refractivity contribution in [2.24, 2.45) is 0 Å². The van der Waals surface area contributed by atoms with Gasteiger partial charge in [0.2, 0.25) is 0 Å². The summed E-state index contributed by atoms with van der Waals surface area (Å²) in [6.45, 7) is 4.87. The number of hydrogen-bond acceptors (Lipinski definition) is 3. The Hall–Kier alpha value is -1.39. The van der Waals surface area contributed by atoms with Gasteiger partial charge in [-0.25, -0.2) is 0 Å². The lowest BCUT2D eigenvalue weighted by Gasteiger charge is -2.34. The van der Waals surface area contributed by atoms with Crippen LogP contribution in [0.1, 0.15) is 30.9 Å². The highest BCUT2D eigenvalue weighted by Crippen LogP contribution is 2.23. The average Bonchev–Trinajstić information content (AvgIpc) is 2.46. The van der Waals surface area contributed by atoms with E-state index >= 15 is 0 Å². The smallest absolute Gasteiger partial charge is 0.321 e. The van der Waals surface area contributed by atoms with Crippen LogP contribution in [0.15, 0.2) is 24.3 Å². The van der Waals surface area contributed by atoms with Crippen LogP contribution in [0.5, 0.6) is 0 Å². The highest BCUT2D eigenvalue weighted by Gasteiger charge is 2.30. The number of rotatable bonds is 7. The van der Waals surface area contributed by atoms with Crippen molar-refractivity contribution in [2.45, 2.75) is 38.8 Å². The number of unbranched alkanes of at least 4 members (excludes halogenated alkanes) is 1. The van der Waals surface area contributed by atoms with Crippen LogP contribution in [0.3, 0.4) is 0 Å². The summed E-state index contributed by atoms with van der Waals surface area (Å²) in [7, 11) is 0. The fraction of sp³-hybridized carbons (Fsp3) is 0.562. The monoisotopic (exact) mass is 277 g/mol. The van der Waals surface area contributed by atoms with Gasteiger partial charge in [-0.1, -0.05) is 37.6 Å². The molecule has 0 saturated carbocycles. The lowest BCUT2D eigenvalue weighted by atomic mass is 9.94. The Morgan fingerprint density at radius 3 is 2.80 bits per heavy atom. The largest absolute Gasteiger partial charge is 0.480 e. The first kappa shape index (κ1) is 15.0. The SMILES string of the molecule is CCCCOCCN1Cc2ccccc2C[C@H]1C(=O)O. The highest BCUT2D eigenvalue weighted by atomic mass is 16.5. The molecule has 4 nitrogen and oxygen atoms in total. The maximum absolute atomic E-state index is 11.4. The minimum atomic E-state index is -0.743. The summed E-state index contributed by atoms with van der Waals surface area (Å²) in [6, 6.07) is 7.66. The fourth-order valence-corrected chi connectivity index (χ4v) is 2.59. The van der Waals surface area contributed by atoms with E-state index in [-0.39, 0.29) is 0 Å². The molecule has 1 aromatic rings. The van der Waals surface area contributed by atoms with Crippen molar-refractivity contribution in [3.8, 4) is 0 Å². The van der Waals surface area contributed by atoms with Gasteiger partial charge in [0, 0.05) is 19.7 Å². The van der Waals surface area contributed by atoms with Gasteiger partial charge >= 0.3 is 5.97 Å². The van der Waals surface area contributed by atoms with Gasteiger partial charge in [-0.3, -0.25) is 9.69 Å². The predicted octanol–water partition coefficient (Wildman–Crippen LogP) is 2.31. The zero-order valence-electron chi connectivity index (χ0n) is 12.0. The lowest BCUT2D eigenvalue weighted by molar-refractivity contribution is -0.144. The molecule has 1 N–H and O–H groups in total. The number of nitrogens with zero attached hydrogens (tertiary/aromatic N) is 1. The van der Waals surface area contributed by atoms with E-state index in [2.05, 4.69) is 13.0 Å². The van der Waals surface area contributed by atoms with Gasteiger partial charge in [0.15, 0.2) is 0 Å². The van der Waals surface area contributed by atoms with Gasteiger partial charge in [0.05, 0.1) is 6.61 Å². The molecule has 0 radical (unpaired) electrons. The molecule has 20 heavy (non-hydrogen) atoms. The summed E-state index contributed by atoms with van der Waals surface area (Å²) in [5.41, 5.74) is 2.39. The van der Waals surface area contributed by atoms with Crippen molar-refractivity contribution in [1.82, 2.24) is 4.90 Å². The van der Waals surface area contributed by atoms with Crippen LogP contribution in [-0.4, -0.2) is 41.8 Å². The number of fused-ring (bicyclic) bond motifs is 1. The summed E-state index contributed by atoms with van der Waals surface area (Å²) in [4.78, 5) is 13.4. The molecule has 0 unspecified atom stereocenters. The molecule has 0 aliphatic carbocycles. The van der Waals surface area contributed by atoms with Gasteiger partial charge in [-0.05, 0) is 24.0 Å². The minimum absolute atomic E-state index is 0.431. The van der Waals surface area contributed by atoms with Crippen molar-refractivity contribution >= 4 is 5.97 Å². The van der Waals surface area contributed by atoms with Crippen molar-refractivity contribution in [1.29, 1.82) is 0 Å². The van der Waals surface area contributed by atoms with Crippen molar-refractivity contribution in [2.75, 3.05) is 19.8 Å². The van der Waals surface area contributed by atoms with Crippen molar-refractivity contribution in [3.05, 3.63) is 35.4 Å². The molecule has 0 fully saturated rings. The molecule has 1 aliphatic heterocycles. The molecule has 110 valence electrons. The fourth-order valence-electron chi connectivity index (χ4n) is 2.59. The summed E-state index contributed by atoms with van der Waals surface area (Å²) in [5, 5.41) is 9.39. The van der Waals surface area contributed by atoms with Crippen LogP contribution in [0.4, 0.5) is 0 Å². The third kappa shape index (κ3) is 3.81. The zero-order chi connectivity index (χ0) is 14.4. The third-order valence-corrected chi connectivity index (χ3v) is 3.80. The van der Waals surface area contributed by atoms with Crippen LogP contribution in [0.2, 0.25) is 0 Å². The molecule has 4 heteroatoms. The van der Waals surface area contributed by atoms with Gasteiger partial charge < -0.3 is 9.84 Å². The van der Waals surface area contributed by atoms with Crippen molar-refractivity contribution in [3.63, 3.8) is 0 Å². The van der Waals surface area contributed by atoms with Gasteiger partial charge in [0.1, 0.15) is 6.04 Å². The first-order valence-corrected chi connectivity index (χ1v) is 7.33. The molecule has 1 heterocycles. The third-order valence-electron chi connectivity index (χ3n) is 3.80. The number of benzene rings is 1. The van der Waals surface area contributed by atoms with E-state index in [1.54, 1.807) is 0 Å². The number of carbonyl (C=O) groups is 1. The summed E-state index contributed by atoms with van der Waals surface area (Å²) >= 11 is 0. The highest BCUT2D eigenvalue weighted by molar-refractivity contribution is 5.74.